The van der Waals surface area contributed by atoms with Gasteiger partial charge in [-0.3, -0.25) is 0 Å². The average Bonchev–Trinajstić information content (AvgIpc) is 3.05. The highest BCUT2D eigenvalue weighted by molar-refractivity contribution is 7.99. The number of quaternary nitrogens is 1. The lowest BCUT2D eigenvalue weighted by Crippen LogP contribution is -2.90. The molecule has 2 aromatic rings. The molecule has 1 fully saturated rings. The molecule has 1 heterocycles. The zero-order valence-corrected chi connectivity index (χ0v) is 14.9. The van der Waals surface area contributed by atoms with Gasteiger partial charge < -0.3 is 20.0 Å². The summed E-state index contributed by atoms with van der Waals surface area (Å²) in [4.78, 5) is 10.9. The molecule has 0 aromatic heterocycles. The number of hydrogen-bond donors (Lipinski definition) is 1. The number of nitrogens with two attached hydrogens (primary N) is 1. The molecule has 2 N–H and O–H groups in total. The fourth-order valence-corrected chi connectivity index (χ4v) is 4.21. The number of carbonyl (C=O) groups is 1. The van der Waals surface area contributed by atoms with E-state index in [4.69, 9.17) is 27.9 Å². The van der Waals surface area contributed by atoms with Gasteiger partial charge >= 0.3 is 0 Å². The molecule has 126 valence electrons. The third kappa shape index (κ3) is 4.16. The van der Waals surface area contributed by atoms with Gasteiger partial charge in [0.1, 0.15) is 24.4 Å². The van der Waals surface area contributed by atoms with Crippen molar-refractivity contribution in [1.82, 2.24) is 0 Å². The van der Waals surface area contributed by atoms with E-state index in [1.54, 1.807) is 23.9 Å². The highest BCUT2D eigenvalue weighted by Crippen LogP contribution is 2.28. The Morgan fingerprint density at radius 1 is 1.25 bits per heavy atom. The van der Waals surface area contributed by atoms with Gasteiger partial charge in [-0.25, -0.2) is 0 Å². The van der Waals surface area contributed by atoms with Gasteiger partial charge in [-0.15, -0.1) is 0 Å². The summed E-state index contributed by atoms with van der Waals surface area (Å²) in [5.41, 5.74) is 1.92. The van der Waals surface area contributed by atoms with Crippen molar-refractivity contribution in [2.75, 3.05) is 5.75 Å². The number of aliphatic carboxylic acids is 1. The van der Waals surface area contributed by atoms with E-state index in [2.05, 4.69) is 0 Å². The number of rotatable bonds is 5. The molecule has 24 heavy (non-hydrogen) atoms. The largest absolute Gasteiger partial charge is 0.544 e. The van der Waals surface area contributed by atoms with Gasteiger partial charge in [-0.05, 0) is 36.4 Å². The van der Waals surface area contributed by atoms with Crippen molar-refractivity contribution in [2.45, 2.75) is 18.0 Å². The Kier molecular flexibility index (Phi) is 5.56. The topological polar surface area (TPSA) is 66.0 Å². The van der Waals surface area contributed by atoms with E-state index in [9.17, 15) is 9.90 Å². The summed E-state index contributed by atoms with van der Waals surface area (Å²) in [6.45, 7) is 0.354. The number of hydrogen-bond acceptors (Lipinski definition) is 4. The molecular weight excluding hydrogens is 369 g/mol. The number of thioether (sulfide) groups is 1. The van der Waals surface area contributed by atoms with Gasteiger partial charge in [-0.1, -0.05) is 41.0 Å². The van der Waals surface area contributed by atoms with Gasteiger partial charge in [0.2, 0.25) is 0 Å². The van der Waals surface area contributed by atoms with Crippen molar-refractivity contribution in [3.8, 4) is 5.75 Å². The average molecular weight is 384 g/mol. The number of carbonyl (C=O) groups excluding carboxylic acids is 1. The third-order valence-electron chi connectivity index (χ3n) is 3.78. The van der Waals surface area contributed by atoms with Crippen LogP contribution in [0.5, 0.6) is 5.75 Å². The maximum Gasteiger partial charge on any atom is 0.159 e. The van der Waals surface area contributed by atoms with Gasteiger partial charge in [-0.2, -0.15) is 0 Å². The maximum absolute atomic E-state index is 10.9. The molecule has 1 saturated heterocycles. The zero-order chi connectivity index (χ0) is 17.1. The predicted molar refractivity (Wildman–Crippen MR) is 93.2 cm³/mol. The first-order chi connectivity index (χ1) is 11.5. The van der Waals surface area contributed by atoms with E-state index in [1.165, 1.54) is 0 Å². The minimum absolute atomic E-state index is 0.0765. The van der Waals surface area contributed by atoms with Crippen molar-refractivity contribution in [3.05, 3.63) is 63.6 Å². The van der Waals surface area contributed by atoms with Crippen molar-refractivity contribution < 1.29 is 20.0 Å². The first-order valence-electron chi connectivity index (χ1n) is 7.37. The first kappa shape index (κ1) is 17.4. The second-order valence-corrected chi connectivity index (χ2v) is 7.48. The van der Waals surface area contributed by atoms with Crippen molar-refractivity contribution in [3.63, 3.8) is 0 Å². The maximum atomic E-state index is 10.9. The van der Waals surface area contributed by atoms with Crippen LogP contribution in [0.4, 0.5) is 0 Å². The van der Waals surface area contributed by atoms with Crippen LogP contribution in [-0.2, 0) is 11.4 Å². The normalized spacial score (nSPS) is 20.1. The van der Waals surface area contributed by atoms with Crippen LogP contribution < -0.4 is 15.2 Å². The summed E-state index contributed by atoms with van der Waals surface area (Å²) < 4.78 is 5.74. The number of benzene rings is 2. The van der Waals surface area contributed by atoms with Crippen molar-refractivity contribution >= 4 is 40.9 Å². The predicted octanol–water partition coefficient (Wildman–Crippen LogP) is 2.00. The Morgan fingerprint density at radius 2 is 2.00 bits per heavy atom. The van der Waals surface area contributed by atoms with E-state index in [1.807, 2.05) is 35.6 Å². The molecule has 0 radical (unpaired) electrons. The van der Waals surface area contributed by atoms with Gasteiger partial charge in [0.15, 0.2) is 5.37 Å². The van der Waals surface area contributed by atoms with Crippen molar-refractivity contribution in [2.24, 2.45) is 0 Å². The van der Waals surface area contributed by atoms with Crippen molar-refractivity contribution in [1.29, 1.82) is 0 Å². The quantitative estimate of drug-likeness (QED) is 0.857. The molecule has 3 rings (SSSR count). The van der Waals surface area contributed by atoms with Crippen LogP contribution in [0.15, 0.2) is 42.5 Å². The molecule has 1 aliphatic rings. The monoisotopic (exact) mass is 383 g/mol. The second kappa shape index (κ2) is 7.66. The smallest absolute Gasteiger partial charge is 0.159 e. The molecule has 0 unspecified atom stereocenters. The van der Waals surface area contributed by atoms with E-state index in [0.29, 0.717) is 22.4 Å². The molecule has 2 aromatic carbocycles. The SMILES string of the molecule is O=C([O-])[C@@H]1CS[C@@H](c2ccc(OCc3ccc(Cl)cc3Cl)cc2)[NH2+]1. The lowest BCUT2D eigenvalue weighted by Gasteiger charge is -2.12. The van der Waals surface area contributed by atoms with Crippen LogP contribution in [0.3, 0.4) is 0 Å². The number of carboxylic acids is 1. The van der Waals surface area contributed by atoms with Crippen LogP contribution in [-0.4, -0.2) is 17.8 Å². The summed E-state index contributed by atoms with van der Waals surface area (Å²) >= 11 is 13.6. The Bertz CT molecular complexity index is 739. The van der Waals surface area contributed by atoms with E-state index >= 15 is 0 Å². The molecule has 2 atom stereocenters. The summed E-state index contributed by atoms with van der Waals surface area (Å²) in [5.74, 6) is 0.273. The Morgan fingerprint density at radius 3 is 2.62 bits per heavy atom. The zero-order valence-electron chi connectivity index (χ0n) is 12.6. The molecule has 7 heteroatoms. The standard InChI is InChI=1S/C17H15Cl2NO3S/c18-12-4-1-11(14(19)7-12)8-23-13-5-2-10(3-6-13)16-20-15(9-24-16)17(21)22/h1-7,15-16,20H,8-9H2,(H,21,22)/t15-,16-/m0/s1. The third-order valence-corrected chi connectivity index (χ3v) is 5.71. The fourth-order valence-electron chi connectivity index (χ4n) is 2.44. The number of halogens is 2. The number of carboxylic acid groups (broad SMARTS) is 1. The molecule has 0 amide bonds. The summed E-state index contributed by atoms with van der Waals surface area (Å²) in [6.07, 6.45) is 0. The molecular formula is C17H15Cl2NO3S. The number of ether oxygens (including phenoxy) is 1. The Balaban J connectivity index is 1.60. The van der Waals surface area contributed by atoms with Crippen LogP contribution >= 0.6 is 35.0 Å². The van der Waals surface area contributed by atoms with Gasteiger partial charge in [0.05, 0.1) is 5.75 Å². The first-order valence-corrected chi connectivity index (χ1v) is 9.17. The molecule has 0 aliphatic carbocycles. The fraction of sp³-hybridized carbons (Fsp3) is 0.235. The lowest BCUT2D eigenvalue weighted by molar-refractivity contribution is -0.690. The molecule has 0 saturated carbocycles. The molecule has 0 spiro atoms. The minimum atomic E-state index is -1.01. The Labute approximate surface area is 154 Å². The summed E-state index contributed by atoms with van der Waals surface area (Å²) in [6, 6.07) is 12.5. The summed E-state index contributed by atoms with van der Waals surface area (Å²) in [5, 5.41) is 14.0. The van der Waals surface area contributed by atoms with Gasteiger partial charge in [0.25, 0.3) is 0 Å². The van der Waals surface area contributed by atoms with Crippen LogP contribution in [0.25, 0.3) is 0 Å². The highest BCUT2D eigenvalue weighted by atomic mass is 35.5. The highest BCUT2D eigenvalue weighted by Gasteiger charge is 2.30. The molecule has 4 nitrogen and oxygen atoms in total. The van der Waals surface area contributed by atoms with E-state index in [-0.39, 0.29) is 5.37 Å². The lowest BCUT2D eigenvalue weighted by atomic mass is 10.2. The van der Waals surface area contributed by atoms with E-state index in [0.717, 1.165) is 16.9 Å². The van der Waals surface area contributed by atoms with E-state index < -0.39 is 12.0 Å². The molecule has 0 bridgehead atoms. The second-order valence-electron chi connectivity index (χ2n) is 5.47. The molecule has 1 aliphatic heterocycles. The summed E-state index contributed by atoms with van der Waals surface area (Å²) in [7, 11) is 0. The van der Waals surface area contributed by atoms with Crippen LogP contribution in [0.2, 0.25) is 10.0 Å². The van der Waals surface area contributed by atoms with Crippen LogP contribution in [0, 0.1) is 0 Å². The van der Waals surface area contributed by atoms with Gasteiger partial charge in [0, 0.05) is 21.2 Å². The Hall–Kier alpha value is -1.40. The van der Waals surface area contributed by atoms with Crippen LogP contribution in [0.1, 0.15) is 16.5 Å². The minimum Gasteiger partial charge on any atom is -0.544 e.